The number of esters is 1. The Morgan fingerprint density at radius 2 is 1.72 bits per heavy atom. The van der Waals surface area contributed by atoms with Gasteiger partial charge in [-0.25, -0.2) is 4.79 Å². The minimum atomic E-state index is -1.62. The van der Waals surface area contributed by atoms with Crippen LogP contribution in [0, 0.1) is 0 Å². The minimum Gasteiger partial charge on any atom is -0.430 e. The van der Waals surface area contributed by atoms with Gasteiger partial charge >= 0.3 is 5.97 Å². The maximum Gasteiger partial charge on any atom is 0.347 e. The van der Waals surface area contributed by atoms with E-state index in [-0.39, 0.29) is 0 Å². The predicted octanol–water partition coefficient (Wildman–Crippen LogP) is -0.832. The molecule has 0 aromatic carbocycles. The number of rotatable bonds is 2. The Bertz CT molecular complexity index is 306. The fraction of sp³-hybridized carbons (Fsp3) is 0.875. The lowest BCUT2D eigenvalue weighted by atomic mass is 9.99. The van der Waals surface area contributed by atoms with Crippen molar-refractivity contribution < 1.29 is 34.7 Å². The lowest BCUT2D eigenvalue weighted by Gasteiger charge is -2.39. The molecule has 18 heavy (non-hydrogen) atoms. The first kappa shape index (κ1) is 16.8. The number of alkyl halides is 3. The van der Waals surface area contributed by atoms with Crippen molar-refractivity contribution >= 4 is 53.8 Å². The molecule has 1 rings (SSSR count). The molecule has 1 unspecified atom stereocenters. The molecule has 106 valence electrons. The van der Waals surface area contributed by atoms with Crippen LogP contribution in [0.1, 0.15) is 0 Å². The zero-order chi connectivity index (χ0) is 14.1. The molecule has 4 N–H and O–H groups in total. The zero-order valence-corrected chi connectivity index (χ0v) is 13.5. The van der Waals surface area contributed by atoms with Crippen molar-refractivity contribution in [1.82, 2.24) is 0 Å². The Hall–Kier alpha value is 0.710. The van der Waals surface area contributed by atoms with E-state index in [0.29, 0.717) is 0 Å². The lowest BCUT2D eigenvalue weighted by molar-refractivity contribution is -0.292. The number of carbonyl (C=O) groups is 1. The van der Waals surface area contributed by atoms with Gasteiger partial charge in [-0.2, -0.15) is 0 Å². The molecule has 1 heterocycles. The highest BCUT2D eigenvalue weighted by atomic mass is 80.0. The van der Waals surface area contributed by atoms with Crippen LogP contribution in [-0.4, -0.2) is 65.9 Å². The summed E-state index contributed by atoms with van der Waals surface area (Å²) in [5.74, 6) is -0.869. The highest BCUT2D eigenvalue weighted by molar-refractivity contribution is 9.40. The molecule has 0 saturated carbocycles. The SMILES string of the molecule is O=C(OC1O[C@H](CO)[C@@H](O)[C@H](O)[C@H]1O)C(Br)(Br)Br. The summed E-state index contributed by atoms with van der Waals surface area (Å²) < 4.78 is 8.41. The molecule has 0 radical (unpaired) electrons. The highest BCUT2D eigenvalue weighted by Crippen LogP contribution is 2.36. The summed E-state index contributed by atoms with van der Waals surface area (Å²) in [5.41, 5.74) is 0. The number of ether oxygens (including phenoxy) is 2. The third-order valence-corrected chi connectivity index (χ3v) is 3.27. The molecule has 0 aliphatic carbocycles. The van der Waals surface area contributed by atoms with Gasteiger partial charge in [-0.05, 0) is 47.8 Å². The molecule has 0 amide bonds. The molecular weight excluding hydrogens is 448 g/mol. The van der Waals surface area contributed by atoms with Crippen LogP contribution in [-0.2, 0) is 14.3 Å². The summed E-state index contributed by atoms with van der Waals surface area (Å²) >= 11 is 8.73. The van der Waals surface area contributed by atoms with Gasteiger partial charge in [-0.15, -0.1) is 0 Å². The van der Waals surface area contributed by atoms with Crippen molar-refractivity contribution in [2.24, 2.45) is 0 Å². The zero-order valence-electron chi connectivity index (χ0n) is 8.74. The molecule has 7 nitrogen and oxygen atoms in total. The average Bonchev–Trinajstić information content (AvgIpc) is 2.28. The summed E-state index contributed by atoms with van der Waals surface area (Å²) in [7, 11) is 0. The van der Waals surface area contributed by atoms with Gasteiger partial charge in [0.2, 0.25) is 8.43 Å². The molecule has 10 heteroatoms. The number of halogens is 3. The first-order chi connectivity index (χ1) is 8.18. The second-order valence-corrected chi connectivity index (χ2v) is 10.4. The molecule has 0 aromatic rings. The van der Waals surface area contributed by atoms with Gasteiger partial charge in [0, 0.05) is 0 Å². The van der Waals surface area contributed by atoms with Crippen LogP contribution in [0.25, 0.3) is 0 Å². The molecular formula is C8H11Br3O7. The third kappa shape index (κ3) is 3.85. The molecule has 1 aliphatic rings. The average molecular weight is 459 g/mol. The summed E-state index contributed by atoms with van der Waals surface area (Å²) in [4.78, 5) is 11.5. The minimum absolute atomic E-state index is 0.596. The summed E-state index contributed by atoms with van der Waals surface area (Å²) in [5, 5.41) is 37.5. The van der Waals surface area contributed by atoms with Gasteiger partial charge in [0.25, 0.3) is 0 Å². The monoisotopic (exact) mass is 456 g/mol. The first-order valence-electron chi connectivity index (χ1n) is 4.76. The van der Waals surface area contributed by atoms with E-state index < -0.39 is 45.4 Å². The number of aliphatic hydroxyl groups is 4. The van der Waals surface area contributed by atoms with Gasteiger partial charge in [-0.3, -0.25) is 0 Å². The molecule has 1 aliphatic heterocycles. The van der Waals surface area contributed by atoms with Crippen molar-refractivity contribution in [1.29, 1.82) is 0 Å². The van der Waals surface area contributed by atoms with E-state index in [2.05, 4.69) is 47.8 Å². The number of aliphatic hydroxyl groups excluding tert-OH is 4. The lowest BCUT2D eigenvalue weighted by Crippen LogP contribution is -2.59. The molecule has 0 bridgehead atoms. The standard InChI is InChI=1S/C8H11Br3O7/c9-8(10,11)7(16)18-6-5(15)4(14)3(13)2(1-12)17-6/h2-6,12-15H,1H2/t2-,3-,4+,5-,6?/m1/s1. The van der Waals surface area contributed by atoms with Crippen LogP contribution >= 0.6 is 47.8 Å². The Kier molecular flexibility index (Phi) is 6.00. The van der Waals surface area contributed by atoms with Crippen molar-refractivity contribution in [3.05, 3.63) is 0 Å². The number of carbonyl (C=O) groups excluding carboxylic acids is 1. The molecule has 0 aromatic heterocycles. The van der Waals surface area contributed by atoms with Crippen molar-refractivity contribution in [2.75, 3.05) is 6.61 Å². The second kappa shape index (κ2) is 6.44. The van der Waals surface area contributed by atoms with E-state index in [1.54, 1.807) is 0 Å². The fourth-order valence-electron chi connectivity index (χ4n) is 1.34. The predicted molar refractivity (Wildman–Crippen MR) is 69.4 cm³/mol. The van der Waals surface area contributed by atoms with Crippen LogP contribution in [0.3, 0.4) is 0 Å². The summed E-state index contributed by atoms with van der Waals surface area (Å²) in [6, 6.07) is 0. The quantitative estimate of drug-likeness (QED) is 0.315. The van der Waals surface area contributed by atoms with Crippen LogP contribution in [0.2, 0.25) is 0 Å². The topological polar surface area (TPSA) is 116 Å². The van der Waals surface area contributed by atoms with Crippen LogP contribution in [0.15, 0.2) is 0 Å². The van der Waals surface area contributed by atoms with Gasteiger partial charge in [0.1, 0.15) is 24.4 Å². The van der Waals surface area contributed by atoms with E-state index in [0.717, 1.165) is 0 Å². The Morgan fingerprint density at radius 3 is 2.17 bits per heavy atom. The van der Waals surface area contributed by atoms with E-state index in [1.807, 2.05) is 0 Å². The van der Waals surface area contributed by atoms with Gasteiger partial charge < -0.3 is 29.9 Å². The van der Waals surface area contributed by atoms with E-state index in [9.17, 15) is 20.1 Å². The maximum atomic E-state index is 11.5. The molecule has 5 atom stereocenters. The van der Waals surface area contributed by atoms with Gasteiger partial charge in [0.15, 0.2) is 0 Å². The Labute approximate surface area is 127 Å². The molecule has 0 spiro atoms. The largest absolute Gasteiger partial charge is 0.430 e. The summed E-state index contributed by atoms with van der Waals surface area (Å²) in [6.07, 6.45) is -7.34. The van der Waals surface area contributed by atoms with Gasteiger partial charge in [-0.1, -0.05) is 0 Å². The number of hydrogen-bond acceptors (Lipinski definition) is 7. The van der Waals surface area contributed by atoms with E-state index in [4.69, 9.17) is 14.6 Å². The second-order valence-electron chi connectivity index (χ2n) is 3.60. The number of hydrogen-bond donors (Lipinski definition) is 4. The van der Waals surface area contributed by atoms with Crippen molar-refractivity contribution in [3.63, 3.8) is 0 Å². The van der Waals surface area contributed by atoms with Crippen LogP contribution in [0.5, 0.6) is 0 Å². The van der Waals surface area contributed by atoms with Crippen molar-refractivity contribution in [2.45, 2.75) is 32.8 Å². The van der Waals surface area contributed by atoms with Gasteiger partial charge in [0.05, 0.1) is 6.61 Å². The molecule has 1 saturated heterocycles. The highest BCUT2D eigenvalue weighted by Gasteiger charge is 2.46. The van der Waals surface area contributed by atoms with Crippen molar-refractivity contribution in [3.8, 4) is 0 Å². The van der Waals surface area contributed by atoms with Crippen LogP contribution < -0.4 is 0 Å². The normalized spacial score (nSPS) is 37.4. The van der Waals surface area contributed by atoms with E-state index in [1.165, 1.54) is 0 Å². The van der Waals surface area contributed by atoms with E-state index >= 15 is 0 Å². The Morgan fingerprint density at radius 1 is 1.17 bits per heavy atom. The first-order valence-corrected chi connectivity index (χ1v) is 7.14. The molecule has 1 fully saturated rings. The van der Waals surface area contributed by atoms with Crippen LogP contribution in [0.4, 0.5) is 0 Å². The smallest absolute Gasteiger partial charge is 0.347 e. The third-order valence-electron chi connectivity index (χ3n) is 2.30. The maximum absolute atomic E-state index is 11.5. The fourth-order valence-corrected chi connectivity index (χ4v) is 1.62. The summed E-state index contributed by atoms with van der Waals surface area (Å²) in [6.45, 7) is -0.596. The Balaban J connectivity index is 2.74.